The van der Waals surface area contributed by atoms with Crippen LogP contribution < -0.4 is 14.8 Å². The maximum atomic E-state index is 13.1. The number of imidazole rings is 1. The Hall–Kier alpha value is -3.15. The number of rotatable bonds is 4. The monoisotopic (exact) mass is 432 g/mol. The van der Waals surface area contributed by atoms with Gasteiger partial charge in [-0.2, -0.15) is 0 Å². The number of aryl methyl sites for hydroxylation is 1. The minimum absolute atomic E-state index is 0.0893. The van der Waals surface area contributed by atoms with Crippen LogP contribution >= 0.6 is 22.9 Å². The average molecular weight is 433 g/mol. The highest BCUT2D eigenvalue weighted by molar-refractivity contribution is 7.15. The largest absolute Gasteiger partial charge is 0.488 e. The number of aromatic nitrogens is 2. The maximum absolute atomic E-state index is 13.1. The molecule has 0 fully saturated rings. The van der Waals surface area contributed by atoms with E-state index in [1.54, 1.807) is 10.5 Å². The number of benzene rings is 3. The topological polar surface area (TPSA) is 43.6 Å². The molecular formula is C24H17ClN2O2S. The zero-order chi connectivity index (χ0) is 20.7. The first-order chi connectivity index (χ1) is 14.6. The van der Waals surface area contributed by atoms with E-state index in [4.69, 9.17) is 16.3 Å². The Labute approximate surface area is 181 Å². The van der Waals surface area contributed by atoms with Gasteiger partial charge in [-0.25, -0.2) is 9.38 Å². The Morgan fingerprint density at radius 1 is 1.10 bits per heavy atom. The summed E-state index contributed by atoms with van der Waals surface area (Å²) in [7, 11) is 0. The fraction of sp³-hybridized carbons (Fsp3) is 0.0833. The fourth-order valence-corrected chi connectivity index (χ4v) is 4.60. The van der Waals surface area contributed by atoms with Crippen molar-refractivity contribution < 1.29 is 4.74 Å². The molecule has 0 aliphatic heterocycles. The smallest absolute Gasteiger partial charge is 0.274 e. The highest BCUT2D eigenvalue weighted by atomic mass is 35.5. The van der Waals surface area contributed by atoms with Gasteiger partial charge >= 0.3 is 0 Å². The van der Waals surface area contributed by atoms with Crippen LogP contribution in [0.5, 0.6) is 5.75 Å². The summed E-state index contributed by atoms with van der Waals surface area (Å²) in [4.78, 5) is 18.3. The molecule has 5 rings (SSSR count). The number of ether oxygens (including phenoxy) is 1. The van der Waals surface area contributed by atoms with Gasteiger partial charge in [-0.15, -0.1) is 0 Å². The van der Waals surface area contributed by atoms with E-state index >= 15 is 0 Å². The van der Waals surface area contributed by atoms with E-state index in [9.17, 15) is 4.79 Å². The van der Waals surface area contributed by atoms with Crippen molar-refractivity contribution in [2.45, 2.75) is 13.5 Å². The second-order valence-electron chi connectivity index (χ2n) is 7.03. The molecule has 0 N–H and O–H groups in total. The number of fused-ring (bicyclic) bond motifs is 3. The molecule has 0 radical (unpaired) electrons. The summed E-state index contributed by atoms with van der Waals surface area (Å²) in [5, 5.41) is 0.587. The molecule has 30 heavy (non-hydrogen) atoms. The quantitative estimate of drug-likeness (QED) is 0.401. The van der Waals surface area contributed by atoms with Gasteiger partial charge in [0.05, 0.1) is 15.6 Å². The van der Waals surface area contributed by atoms with E-state index in [-0.39, 0.29) is 5.56 Å². The van der Waals surface area contributed by atoms with Crippen molar-refractivity contribution in [2.75, 3.05) is 0 Å². The third-order valence-electron chi connectivity index (χ3n) is 5.05. The molecule has 0 aliphatic carbocycles. The highest BCUT2D eigenvalue weighted by Crippen LogP contribution is 2.25. The molecular weight excluding hydrogens is 416 g/mol. The van der Waals surface area contributed by atoms with E-state index in [0.29, 0.717) is 26.9 Å². The van der Waals surface area contributed by atoms with Gasteiger partial charge in [0.1, 0.15) is 12.4 Å². The van der Waals surface area contributed by atoms with Crippen molar-refractivity contribution in [3.05, 3.63) is 103 Å². The van der Waals surface area contributed by atoms with E-state index in [2.05, 4.69) is 18.0 Å². The molecule has 4 nitrogen and oxygen atoms in total. The molecule has 2 aromatic heterocycles. The van der Waals surface area contributed by atoms with Gasteiger partial charge < -0.3 is 4.74 Å². The summed E-state index contributed by atoms with van der Waals surface area (Å²) in [5.41, 5.74) is 4.60. The summed E-state index contributed by atoms with van der Waals surface area (Å²) in [6, 6.07) is 21.2. The third kappa shape index (κ3) is 3.36. The van der Waals surface area contributed by atoms with Crippen LogP contribution in [0, 0.1) is 6.92 Å². The summed E-state index contributed by atoms with van der Waals surface area (Å²) < 4.78 is 8.33. The number of halogens is 1. The Morgan fingerprint density at radius 2 is 1.90 bits per heavy atom. The number of hydrogen-bond acceptors (Lipinski definition) is 4. The van der Waals surface area contributed by atoms with E-state index in [1.165, 1.54) is 16.9 Å². The van der Waals surface area contributed by atoms with E-state index in [0.717, 1.165) is 22.2 Å². The predicted molar refractivity (Wildman–Crippen MR) is 123 cm³/mol. The van der Waals surface area contributed by atoms with Crippen LogP contribution in [0.1, 0.15) is 16.7 Å². The number of nitrogens with zero attached hydrogens (tertiary/aromatic N) is 2. The predicted octanol–water partition coefficient (Wildman–Crippen LogP) is 5.00. The van der Waals surface area contributed by atoms with Crippen molar-refractivity contribution >= 4 is 45.0 Å². The van der Waals surface area contributed by atoms with Crippen LogP contribution in [-0.2, 0) is 6.61 Å². The molecule has 0 saturated heterocycles. The van der Waals surface area contributed by atoms with Crippen molar-refractivity contribution in [3.63, 3.8) is 0 Å². The van der Waals surface area contributed by atoms with Gasteiger partial charge in [0.15, 0.2) is 4.96 Å². The second kappa shape index (κ2) is 7.59. The third-order valence-corrected chi connectivity index (χ3v) is 6.25. The minimum Gasteiger partial charge on any atom is -0.488 e. The Balaban J connectivity index is 1.58. The van der Waals surface area contributed by atoms with Gasteiger partial charge in [-0.1, -0.05) is 59.3 Å². The van der Waals surface area contributed by atoms with Crippen molar-refractivity contribution in [2.24, 2.45) is 0 Å². The first-order valence-corrected chi connectivity index (χ1v) is 10.7. The van der Waals surface area contributed by atoms with Crippen molar-refractivity contribution in [3.8, 4) is 5.75 Å². The summed E-state index contributed by atoms with van der Waals surface area (Å²) in [5.74, 6) is 0.679. The lowest BCUT2D eigenvalue weighted by Gasteiger charge is -2.11. The van der Waals surface area contributed by atoms with Crippen LogP contribution in [0.25, 0.3) is 22.1 Å². The first-order valence-electron chi connectivity index (χ1n) is 9.49. The molecule has 5 aromatic rings. The molecule has 0 bridgehead atoms. The molecule has 0 aliphatic rings. The maximum Gasteiger partial charge on any atom is 0.274 e. The van der Waals surface area contributed by atoms with Gasteiger partial charge in [0.2, 0.25) is 0 Å². The lowest BCUT2D eigenvalue weighted by Crippen LogP contribution is -2.22. The van der Waals surface area contributed by atoms with E-state index < -0.39 is 0 Å². The van der Waals surface area contributed by atoms with Crippen molar-refractivity contribution in [1.29, 1.82) is 0 Å². The Bertz CT molecular complexity index is 1500. The van der Waals surface area contributed by atoms with Gasteiger partial charge in [0.25, 0.3) is 5.56 Å². The SMILES string of the molecule is Cc1ccccc1COc1ccc(Cl)cc1/C=c1/sc2nc3ccccc3n2c1=O. The molecule has 0 atom stereocenters. The molecule has 3 aromatic carbocycles. The minimum atomic E-state index is -0.0893. The number of thiazole rings is 1. The van der Waals surface area contributed by atoms with Crippen LogP contribution in [0.3, 0.4) is 0 Å². The summed E-state index contributed by atoms with van der Waals surface area (Å²) >= 11 is 7.59. The average Bonchev–Trinajstić information content (AvgIpc) is 3.25. The van der Waals surface area contributed by atoms with Crippen LogP contribution in [-0.4, -0.2) is 9.38 Å². The van der Waals surface area contributed by atoms with Gasteiger partial charge in [-0.3, -0.25) is 4.79 Å². The molecule has 6 heteroatoms. The summed E-state index contributed by atoms with van der Waals surface area (Å²) in [6.07, 6.45) is 1.83. The van der Waals surface area contributed by atoms with Crippen LogP contribution in [0.15, 0.2) is 71.5 Å². The standard InChI is InChI=1S/C24H17ClN2O2S/c1-15-6-2-3-7-16(15)14-29-21-11-10-18(25)12-17(21)13-22-23(28)27-20-9-5-4-8-19(20)26-24(27)30-22/h2-13H,14H2,1H3/b22-13+. The lowest BCUT2D eigenvalue weighted by atomic mass is 10.1. The highest BCUT2D eigenvalue weighted by Gasteiger charge is 2.12. The molecule has 0 unspecified atom stereocenters. The normalized spacial score (nSPS) is 12.1. The summed E-state index contributed by atoms with van der Waals surface area (Å²) in [6.45, 7) is 2.50. The zero-order valence-corrected chi connectivity index (χ0v) is 17.7. The lowest BCUT2D eigenvalue weighted by molar-refractivity contribution is 0.305. The number of para-hydroxylation sites is 2. The zero-order valence-electron chi connectivity index (χ0n) is 16.1. The number of hydrogen-bond donors (Lipinski definition) is 0. The van der Waals surface area contributed by atoms with Crippen LogP contribution in [0.2, 0.25) is 5.02 Å². The van der Waals surface area contributed by atoms with Crippen molar-refractivity contribution in [1.82, 2.24) is 9.38 Å². The fourth-order valence-electron chi connectivity index (χ4n) is 3.44. The molecule has 2 heterocycles. The Kier molecular flexibility index (Phi) is 4.77. The molecule has 0 amide bonds. The van der Waals surface area contributed by atoms with Gasteiger partial charge in [0, 0.05) is 10.6 Å². The van der Waals surface area contributed by atoms with Gasteiger partial charge in [-0.05, 0) is 54.5 Å². The van der Waals surface area contributed by atoms with E-state index in [1.807, 2.05) is 60.7 Å². The second-order valence-corrected chi connectivity index (χ2v) is 8.48. The van der Waals surface area contributed by atoms with Crippen LogP contribution in [0.4, 0.5) is 0 Å². The Morgan fingerprint density at radius 3 is 2.77 bits per heavy atom. The molecule has 148 valence electrons. The molecule has 0 spiro atoms. The molecule has 0 saturated carbocycles. The first kappa shape index (κ1) is 18.9.